The molecule has 2 aromatic carbocycles. The van der Waals surface area contributed by atoms with Crippen LogP contribution in [0.2, 0.25) is 0 Å². The summed E-state index contributed by atoms with van der Waals surface area (Å²) in [4.78, 5) is 42.4. The van der Waals surface area contributed by atoms with Gasteiger partial charge in [-0.15, -0.1) is 0 Å². The molecule has 0 unspecified atom stereocenters. The van der Waals surface area contributed by atoms with Gasteiger partial charge in [-0.2, -0.15) is 5.10 Å². The van der Waals surface area contributed by atoms with Crippen molar-refractivity contribution in [2.75, 3.05) is 37.1 Å². The lowest BCUT2D eigenvalue weighted by molar-refractivity contribution is -0.139. The van der Waals surface area contributed by atoms with Crippen LogP contribution in [0.4, 0.5) is 11.4 Å². The number of aromatic nitrogens is 2. The number of nitrogens with one attached hydrogen (secondary N) is 1. The van der Waals surface area contributed by atoms with Crippen molar-refractivity contribution in [3.05, 3.63) is 88.5 Å². The summed E-state index contributed by atoms with van der Waals surface area (Å²) in [7, 11) is 2.56. The van der Waals surface area contributed by atoms with Crippen LogP contribution in [0.3, 0.4) is 0 Å². The van der Waals surface area contributed by atoms with Crippen LogP contribution >= 0.6 is 0 Å². The molecule has 0 atom stereocenters. The lowest BCUT2D eigenvalue weighted by atomic mass is 10.0. The van der Waals surface area contributed by atoms with E-state index in [1.54, 1.807) is 35.4 Å². The molecule has 0 aliphatic carbocycles. The maximum Gasteiger partial charge on any atom is 0.355 e. The molecule has 1 fully saturated rings. The van der Waals surface area contributed by atoms with E-state index in [1.807, 2.05) is 36.4 Å². The van der Waals surface area contributed by atoms with Crippen LogP contribution in [0, 0.1) is 0 Å². The molecule has 0 bridgehead atoms. The maximum atomic E-state index is 13.2. The number of esters is 2. The van der Waals surface area contributed by atoms with Crippen molar-refractivity contribution >= 4 is 34.1 Å². The fraction of sp³-hybridized carbons (Fsp3) is 0.267. The zero-order valence-electron chi connectivity index (χ0n) is 22.0. The third-order valence-corrected chi connectivity index (χ3v) is 7.04. The van der Waals surface area contributed by atoms with E-state index in [4.69, 9.17) is 9.47 Å². The highest BCUT2D eigenvalue weighted by Crippen LogP contribution is 2.39. The van der Waals surface area contributed by atoms with Gasteiger partial charge in [-0.05, 0) is 43.2 Å². The minimum Gasteiger partial charge on any atom is -0.465 e. The lowest BCUT2D eigenvalue weighted by Gasteiger charge is -2.31. The average molecular weight is 527 g/mol. The second kappa shape index (κ2) is 11.4. The molecular formula is C30H30N4O5. The smallest absolute Gasteiger partial charge is 0.355 e. The predicted octanol–water partition coefficient (Wildman–Crippen LogP) is 4.46. The van der Waals surface area contributed by atoms with Gasteiger partial charge in [0.05, 0.1) is 42.2 Å². The summed E-state index contributed by atoms with van der Waals surface area (Å²) in [6.07, 6.45) is 11.1. The molecule has 39 heavy (non-hydrogen) atoms. The Bertz CT molecular complexity index is 1560. The molecule has 0 radical (unpaired) electrons. The molecule has 0 spiro atoms. The summed E-state index contributed by atoms with van der Waals surface area (Å²) in [6.45, 7) is 1.73. The van der Waals surface area contributed by atoms with E-state index in [0.717, 1.165) is 50.0 Å². The molecule has 0 saturated carbocycles. The summed E-state index contributed by atoms with van der Waals surface area (Å²) < 4.78 is 10.1. The van der Waals surface area contributed by atoms with Crippen molar-refractivity contribution in [3.63, 3.8) is 0 Å². The number of fused-ring (bicyclic) bond motifs is 1. The van der Waals surface area contributed by atoms with Gasteiger partial charge in [0.2, 0.25) is 0 Å². The predicted molar refractivity (Wildman–Crippen MR) is 150 cm³/mol. The minimum absolute atomic E-state index is 0.0434. The third kappa shape index (κ3) is 5.07. The van der Waals surface area contributed by atoms with Gasteiger partial charge in [-0.1, -0.05) is 43.2 Å². The fourth-order valence-corrected chi connectivity index (χ4v) is 5.13. The van der Waals surface area contributed by atoms with Crippen molar-refractivity contribution in [1.82, 2.24) is 10.2 Å². The van der Waals surface area contributed by atoms with Crippen LogP contribution in [0.1, 0.15) is 25.7 Å². The van der Waals surface area contributed by atoms with Gasteiger partial charge < -0.3 is 19.3 Å². The van der Waals surface area contributed by atoms with E-state index >= 15 is 0 Å². The molecule has 3 heterocycles. The quantitative estimate of drug-likeness (QED) is 0.486. The number of rotatable bonds is 5. The number of H-pyrrole nitrogens is 1. The Hall–Kier alpha value is -4.66. The summed E-state index contributed by atoms with van der Waals surface area (Å²) in [5, 5.41) is 8.23. The third-order valence-electron chi connectivity index (χ3n) is 7.04. The molecule has 0 amide bonds. The molecule has 9 nitrogen and oxygen atoms in total. The van der Waals surface area contributed by atoms with E-state index in [1.165, 1.54) is 14.2 Å². The number of hydrogen-bond donors (Lipinski definition) is 1. The van der Waals surface area contributed by atoms with Crippen molar-refractivity contribution in [3.8, 4) is 11.3 Å². The molecule has 9 heteroatoms. The van der Waals surface area contributed by atoms with E-state index in [-0.39, 0.29) is 16.8 Å². The zero-order valence-corrected chi connectivity index (χ0v) is 22.0. The Labute approximate surface area is 226 Å². The molecular weight excluding hydrogens is 496 g/mol. The molecule has 2 aliphatic heterocycles. The SMILES string of the molecule is COC(=O)C1=C(C(=O)OC)N(c2cc(-c3n[nH]c(=O)c4ccccc34)ccc2N2CCCCCC2)C=CC=C1. The van der Waals surface area contributed by atoms with Gasteiger partial charge in [0.15, 0.2) is 0 Å². The van der Waals surface area contributed by atoms with E-state index in [0.29, 0.717) is 22.2 Å². The minimum atomic E-state index is -0.675. The second-order valence-corrected chi connectivity index (χ2v) is 9.37. The van der Waals surface area contributed by atoms with Gasteiger partial charge in [0, 0.05) is 30.2 Å². The first kappa shape index (κ1) is 26.0. The Balaban J connectivity index is 1.76. The summed E-state index contributed by atoms with van der Waals surface area (Å²) in [5.74, 6) is -1.33. The molecule has 5 rings (SSSR count). The van der Waals surface area contributed by atoms with Gasteiger partial charge in [0.25, 0.3) is 5.56 Å². The number of aromatic amines is 1. The average Bonchev–Trinajstić information content (AvgIpc) is 3.38. The van der Waals surface area contributed by atoms with E-state index in [2.05, 4.69) is 15.1 Å². The number of anilines is 2. The highest BCUT2D eigenvalue weighted by Gasteiger charge is 2.30. The first-order valence-electron chi connectivity index (χ1n) is 12.9. The summed E-state index contributed by atoms with van der Waals surface area (Å²) >= 11 is 0. The molecule has 1 N–H and O–H groups in total. The number of nitrogens with zero attached hydrogens (tertiary/aromatic N) is 3. The topological polar surface area (TPSA) is 105 Å². The zero-order chi connectivity index (χ0) is 27.4. The Morgan fingerprint density at radius 2 is 1.59 bits per heavy atom. The van der Waals surface area contributed by atoms with Crippen LogP contribution in [0.5, 0.6) is 0 Å². The Morgan fingerprint density at radius 1 is 0.872 bits per heavy atom. The molecule has 3 aromatic rings. The molecule has 1 aromatic heterocycles. The normalized spacial score (nSPS) is 15.7. The van der Waals surface area contributed by atoms with Gasteiger partial charge in [0.1, 0.15) is 5.70 Å². The lowest BCUT2D eigenvalue weighted by Crippen LogP contribution is -2.30. The monoisotopic (exact) mass is 526 g/mol. The number of allylic oxidation sites excluding steroid dienone is 2. The highest BCUT2D eigenvalue weighted by atomic mass is 16.5. The van der Waals surface area contributed by atoms with Crippen molar-refractivity contribution < 1.29 is 19.1 Å². The second-order valence-electron chi connectivity index (χ2n) is 9.37. The van der Waals surface area contributed by atoms with Crippen molar-refractivity contribution in [2.45, 2.75) is 25.7 Å². The first-order valence-corrected chi connectivity index (χ1v) is 12.9. The Morgan fingerprint density at radius 3 is 2.31 bits per heavy atom. The van der Waals surface area contributed by atoms with Crippen molar-refractivity contribution in [1.29, 1.82) is 0 Å². The molecule has 2 aliphatic rings. The molecule has 200 valence electrons. The summed E-state index contributed by atoms with van der Waals surface area (Å²) in [5.41, 5.74) is 2.78. The summed E-state index contributed by atoms with van der Waals surface area (Å²) in [6, 6.07) is 13.2. The Kier molecular flexibility index (Phi) is 7.58. The first-order chi connectivity index (χ1) is 19.0. The molecule has 1 saturated heterocycles. The maximum absolute atomic E-state index is 13.2. The van der Waals surface area contributed by atoms with Crippen LogP contribution in [-0.4, -0.2) is 49.4 Å². The van der Waals surface area contributed by atoms with Gasteiger partial charge in [-0.3, -0.25) is 4.79 Å². The van der Waals surface area contributed by atoms with Crippen molar-refractivity contribution in [2.24, 2.45) is 0 Å². The standard InChI is InChI=1S/C30H30N4O5/c1-38-29(36)23-13-7-10-18-34(27(23)30(37)39-2)25-19-20(14-15-24(25)33-16-8-3-4-9-17-33)26-21-11-5-6-12-22(21)28(35)32-31-26/h5-7,10-15,18-19H,3-4,8-9,16-17H2,1-2H3,(H,32,35). The van der Waals surface area contributed by atoms with Crippen LogP contribution in [-0.2, 0) is 19.1 Å². The largest absolute Gasteiger partial charge is 0.465 e. The number of ether oxygens (including phenoxy) is 2. The number of methoxy groups -OCH3 is 2. The van der Waals surface area contributed by atoms with Gasteiger partial charge in [-0.25, -0.2) is 14.7 Å². The van der Waals surface area contributed by atoms with Crippen LogP contribution < -0.4 is 15.4 Å². The van der Waals surface area contributed by atoms with Gasteiger partial charge >= 0.3 is 11.9 Å². The number of benzene rings is 2. The number of carbonyl (C=O) groups excluding carboxylic acids is 2. The van der Waals surface area contributed by atoms with E-state index in [9.17, 15) is 14.4 Å². The van der Waals surface area contributed by atoms with Crippen LogP contribution in [0.25, 0.3) is 22.0 Å². The highest BCUT2D eigenvalue weighted by molar-refractivity contribution is 6.06. The fourth-order valence-electron chi connectivity index (χ4n) is 5.13. The van der Waals surface area contributed by atoms with E-state index < -0.39 is 11.9 Å². The number of carbonyl (C=O) groups is 2. The van der Waals surface area contributed by atoms with Crippen LogP contribution in [0.15, 0.2) is 83.0 Å². The number of hydrogen-bond acceptors (Lipinski definition) is 8.